The minimum Gasteiger partial charge on any atom is -0.493 e. The molecule has 4 aromatic rings. The molecule has 1 N–H and O–H groups in total. The van der Waals surface area contributed by atoms with Crippen molar-refractivity contribution in [3.63, 3.8) is 0 Å². The fraction of sp³-hybridized carbons (Fsp3) is 0.257. The fourth-order valence-electron chi connectivity index (χ4n) is 4.94. The molecule has 10 heteroatoms. The number of rotatable bonds is 14. The molecule has 0 spiro atoms. The highest BCUT2D eigenvalue weighted by Crippen LogP contribution is 2.34. The average molecular weight is 630 g/mol. The van der Waals surface area contributed by atoms with Crippen molar-refractivity contribution in [3.05, 3.63) is 120 Å². The molecule has 9 nitrogen and oxygen atoms in total. The van der Waals surface area contributed by atoms with Gasteiger partial charge in [0.15, 0.2) is 11.5 Å². The van der Waals surface area contributed by atoms with Crippen LogP contribution >= 0.6 is 0 Å². The predicted octanol–water partition coefficient (Wildman–Crippen LogP) is 5.06. The van der Waals surface area contributed by atoms with Gasteiger partial charge in [0.2, 0.25) is 11.8 Å². The van der Waals surface area contributed by atoms with Crippen LogP contribution in [0, 0.1) is 0 Å². The third-order valence-corrected chi connectivity index (χ3v) is 8.95. The Labute approximate surface area is 265 Å². The zero-order chi connectivity index (χ0) is 32.4. The first-order valence-electron chi connectivity index (χ1n) is 14.6. The van der Waals surface area contributed by atoms with Crippen molar-refractivity contribution in [1.29, 1.82) is 0 Å². The van der Waals surface area contributed by atoms with Crippen LogP contribution in [0.1, 0.15) is 25.0 Å². The van der Waals surface area contributed by atoms with E-state index in [2.05, 4.69) is 5.32 Å². The van der Waals surface area contributed by atoms with E-state index in [0.717, 1.165) is 15.4 Å². The molecule has 0 unspecified atom stereocenters. The molecule has 0 aliphatic heterocycles. The topological polar surface area (TPSA) is 105 Å². The van der Waals surface area contributed by atoms with E-state index >= 15 is 0 Å². The van der Waals surface area contributed by atoms with Crippen molar-refractivity contribution in [3.8, 4) is 11.5 Å². The summed E-state index contributed by atoms with van der Waals surface area (Å²) in [5, 5.41) is 2.96. The van der Waals surface area contributed by atoms with Crippen molar-refractivity contribution in [1.82, 2.24) is 10.2 Å². The van der Waals surface area contributed by atoms with Crippen LogP contribution < -0.4 is 19.1 Å². The maximum absolute atomic E-state index is 14.5. The number of methoxy groups -OCH3 is 2. The third-order valence-electron chi connectivity index (χ3n) is 7.16. The van der Waals surface area contributed by atoms with Gasteiger partial charge in [-0.3, -0.25) is 13.9 Å². The van der Waals surface area contributed by atoms with Gasteiger partial charge in [-0.2, -0.15) is 0 Å². The molecule has 236 valence electrons. The lowest BCUT2D eigenvalue weighted by molar-refractivity contribution is -0.140. The zero-order valence-electron chi connectivity index (χ0n) is 25.9. The van der Waals surface area contributed by atoms with Gasteiger partial charge in [-0.05, 0) is 49.2 Å². The molecule has 4 rings (SSSR count). The number of nitrogens with one attached hydrogen (secondary N) is 1. The molecule has 2 amide bonds. The SMILES string of the molecule is COc1ccc(N(CC(=O)N(Cc2ccccc2)[C@@H](Cc2ccccc2)C(=O)NC(C)C)S(=O)(=O)c2ccccc2)cc1OC. The molecule has 0 bridgehead atoms. The largest absolute Gasteiger partial charge is 0.493 e. The molecule has 0 saturated carbocycles. The summed E-state index contributed by atoms with van der Waals surface area (Å²) in [5.41, 5.74) is 1.86. The van der Waals surface area contributed by atoms with Gasteiger partial charge < -0.3 is 19.7 Å². The number of hydrogen-bond donors (Lipinski definition) is 1. The second-order valence-electron chi connectivity index (χ2n) is 10.7. The molecule has 1 atom stereocenters. The summed E-state index contributed by atoms with van der Waals surface area (Å²) in [6.45, 7) is 3.23. The van der Waals surface area contributed by atoms with Gasteiger partial charge in [-0.15, -0.1) is 0 Å². The smallest absolute Gasteiger partial charge is 0.264 e. The average Bonchev–Trinajstić information content (AvgIpc) is 3.05. The number of amides is 2. The van der Waals surface area contributed by atoms with Gasteiger partial charge in [0.1, 0.15) is 12.6 Å². The van der Waals surface area contributed by atoms with Crippen LogP contribution in [0.15, 0.2) is 114 Å². The molecule has 0 aromatic heterocycles. The van der Waals surface area contributed by atoms with E-state index in [4.69, 9.17) is 9.47 Å². The third kappa shape index (κ3) is 8.42. The number of benzene rings is 4. The van der Waals surface area contributed by atoms with E-state index in [9.17, 15) is 18.0 Å². The normalized spacial score (nSPS) is 11.8. The first-order chi connectivity index (χ1) is 21.6. The lowest BCUT2D eigenvalue weighted by atomic mass is 10.0. The molecule has 0 fully saturated rings. The molecule has 0 saturated heterocycles. The Kier molecular flexibility index (Phi) is 11.2. The Hall–Kier alpha value is -4.83. The van der Waals surface area contributed by atoms with Crippen LogP contribution in [0.5, 0.6) is 11.5 Å². The Morgan fingerprint density at radius 3 is 1.87 bits per heavy atom. The summed E-state index contributed by atoms with van der Waals surface area (Å²) in [4.78, 5) is 29.7. The van der Waals surface area contributed by atoms with Crippen LogP contribution in [-0.4, -0.2) is 58.0 Å². The monoisotopic (exact) mass is 629 g/mol. The van der Waals surface area contributed by atoms with Gasteiger partial charge in [0.05, 0.1) is 24.8 Å². The van der Waals surface area contributed by atoms with Gasteiger partial charge in [0, 0.05) is 25.1 Å². The molecule has 0 heterocycles. The highest BCUT2D eigenvalue weighted by atomic mass is 32.2. The van der Waals surface area contributed by atoms with Gasteiger partial charge >= 0.3 is 0 Å². The quantitative estimate of drug-likeness (QED) is 0.209. The molecule has 4 aromatic carbocycles. The van der Waals surface area contributed by atoms with E-state index in [1.807, 2.05) is 74.5 Å². The summed E-state index contributed by atoms with van der Waals surface area (Å²) in [6, 6.07) is 30.2. The Balaban J connectivity index is 1.82. The van der Waals surface area contributed by atoms with Crippen LogP contribution in [0.4, 0.5) is 5.69 Å². The fourth-order valence-corrected chi connectivity index (χ4v) is 6.37. The van der Waals surface area contributed by atoms with Gasteiger partial charge in [0.25, 0.3) is 10.0 Å². The van der Waals surface area contributed by atoms with Crippen LogP contribution in [0.25, 0.3) is 0 Å². The lowest BCUT2D eigenvalue weighted by Gasteiger charge is -2.34. The Morgan fingerprint density at radius 2 is 1.31 bits per heavy atom. The number of carbonyl (C=O) groups is 2. The number of anilines is 1. The van der Waals surface area contributed by atoms with Crippen LogP contribution in [0.3, 0.4) is 0 Å². The Morgan fingerprint density at radius 1 is 0.756 bits per heavy atom. The van der Waals surface area contributed by atoms with Crippen molar-refractivity contribution >= 4 is 27.5 Å². The number of nitrogens with zero attached hydrogens (tertiary/aromatic N) is 2. The highest BCUT2D eigenvalue weighted by Gasteiger charge is 2.35. The van der Waals surface area contributed by atoms with E-state index in [1.165, 1.54) is 37.3 Å². The molecular formula is C35H39N3O6S. The molecular weight excluding hydrogens is 590 g/mol. The minimum absolute atomic E-state index is 0.0144. The van der Waals surface area contributed by atoms with Crippen molar-refractivity contribution < 1.29 is 27.5 Å². The summed E-state index contributed by atoms with van der Waals surface area (Å²) >= 11 is 0. The second kappa shape index (κ2) is 15.3. The van der Waals surface area contributed by atoms with Crippen LogP contribution in [0.2, 0.25) is 0 Å². The maximum Gasteiger partial charge on any atom is 0.264 e. The predicted molar refractivity (Wildman–Crippen MR) is 175 cm³/mol. The van der Waals surface area contributed by atoms with Crippen molar-refractivity contribution in [2.45, 2.75) is 43.8 Å². The summed E-state index contributed by atoms with van der Waals surface area (Å²) in [6.07, 6.45) is 0.236. The minimum atomic E-state index is -4.24. The Bertz CT molecular complexity index is 1670. The number of sulfonamides is 1. The first-order valence-corrected chi connectivity index (χ1v) is 16.1. The highest BCUT2D eigenvalue weighted by molar-refractivity contribution is 7.92. The summed E-state index contributed by atoms with van der Waals surface area (Å²) < 4.78 is 40.2. The van der Waals surface area contributed by atoms with Gasteiger partial charge in [-0.1, -0.05) is 78.9 Å². The van der Waals surface area contributed by atoms with E-state index in [1.54, 1.807) is 30.3 Å². The van der Waals surface area contributed by atoms with Crippen LogP contribution in [-0.2, 0) is 32.6 Å². The second-order valence-corrected chi connectivity index (χ2v) is 12.6. The molecule has 0 aliphatic rings. The summed E-state index contributed by atoms with van der Waals surface area (Å²) in [7, 11) is -1.30. The molecule has 45 heavy (non-hydrogen) atoms. The zero-order valence-corrected chi connectivity index (χ0v) is 26.7. The van der Waals surface area contributed by atoms with Gasteiger partial charge in [-0.25, -0.2) is 8.42 Å². The number of carbonyl (C=O) groups excluding carboxylic acids is 2. The standard InChI is InChI=1S/C35H39N3O6S/c1-26(2)36-35(40)31(22-27-14-8-5-9-15-27)37(24-28-16-10-6-11-17-28)34(39)25-38(45(41,42)30-18-12-7-13-19-30)29-20-21-32(43-3)33(23-29)44-4/h5-21,23,26,31H,22,24-25H2,1-4H3,(H,36,40)/t31-/m0/s1. The van der Waals surface area contributed by atoms with Crippen molar-refractivity contribution in [2.75, 3.05) is 25.1 Å². The van der Waals surface area contributed by atoms with E-state index < -0.39 is 28.5 Å². The number of hydrogen-bond acceptors (Lipinski definition) is 6. The summed E-state index contributed by atoms with van der Waals surface area (Å²) in [5.74, 6) is -0.173. The maximum atomic E-state index is 14.5. The molecule has 0 aliphatic carbocycles. The van der Waals surface area contributed by atoms with E-state index in [0.29, 0.717) is 11.5 Å². The molecule has 0 radical (unpaired) electrons. The van der Waals surface area contributed by atoms with Crippen molar-refractivity contribution in [2.24, 2.45) is 0 Å². The van der Waals surface area contributed by atoms with E-state index in [-0.39, 0.29) is 35.5 Å². The lowest BCUT2D eigenvalue weighted by Crippen LogP contribution is -2.54. The number of ether oxygens (including phenoxy) is 2. The first kappa shape index (κ1) is 33.1.